The van der Waals surface area contributed by atoms with Crippen molar-refractivity contribution < 1.29 is 23.5 Å². The van der Waals surface area contributed by atoms with Crippen LogP contribution < -0.4 is 19.7 Å². The molecule has 1 aromatic heterocycles. The van der Waals surface area contributed by atoms with Gasteiger partial charge in [0.05, 0.1) is 27.4 Å². The molecule has 1 N–H and O–H groups in total. The minimum Gasteiger partial charge on any atom is -0.493 e. The molecule has 3 heterocycles. The van der Waals surface area contributed by atoms with Gasteiger partial charge in [0.2, 0.25) is 11.7 Å². The Labute approximate surface area is 187 Å². The number of carbonyl (C=O) groups is 1. The minimum atomic E-state index is 0.0178. The molecule has 0 radical (unpaired) electrons. The Kier molecular flexibility index (Phi) is 7.43. The number of methoxy groups -OCH3 is 2. The lowest BCUT2D eigenvalue weighted by atomic mass is 9.96. The SMILES string of the molecule is COc1ccc(-c2noc(N3CCC(C(=O)NCCN4CCOCC4)CC3)n2)cc1OC. The molecular weight excluding hydrogens is 414 g/mol. The Morgan fingerprint density at radius 3 is 2.59 bits per heavy atom. The van der Waals surface area contributed by atoms with E-state index in [-0.39, 0.29) is 11.8 Å². The fourth-order valence-corrected chi connectivity index (χ4v) is 4.08. The summed E-state index contributed by atoms with van der Waals surface area (Å²) in [6.07, 6.45) is 1.52. The monoisotopic (exact) mass is 445 g/mol. The molecule has 1 amide bonds. The number of ether oxygens (including phenoxy) is 3. The molecule has 2 aliphatic heterocycles. The highest BCUT2D eigenvalue weighted by Gasteiger charge is 2.27. The summed E-state index contributed by atoms with van der Waals surface area (Å²) in [5.74, 6) is 1.89. The fourth-order valence-electron chi connectivity index (χ4n) is 4.08. The van der Waals surface area contributed by atoms with Crippen LogP contribution in [0.4, 0.5) is 6.01 Å². The molecule has 32 heavy (non-hydrogen) atoms. The van der Waals surface area contributed by atoms with E-state index in [1.165, 1.54) is 0 Å². The number of rotatable bonds is 8. The van der Waals surface area contributed by atoms with Crippen LogP contribution in [-0.2, 0) is 9.53 Å². The molecule has 10 nitrogen and oxygen atoms in total. The number of piperidine rings is 1. The molecule has 1 aromatic carbocycles. The van der Waals surface area contributed by atoms with Gasteiger partial charge in [-0.2, -0.15) is 4.98 Å². The van der Waals surface area contributed by atoms with E-state index in [0.717, 1.165) is 51.3 Å². The first-order valence-corrected chi connectivity index (χ1v) is 11.1. The third-order valence-electron chi connectivity index (χ3n) is 6.02. The van der Waals surface area contributed by atoms with Gasteiger partial charge in [-0.25, -0.2) is 0 Å². The number of morpholine rings is 1. The lowest BCUT2D eigenvalue weighted by Crippen LogP contribution is -2.44. The van der Waals surface area contributed by atoms with Gasteiger partial charge in [-0.3, -0.25) is 9.69 Å². The van der Waals surface area contributed by atoms with Crippen LogP contribution >= 0.6 is 0 Å². The summed E-state index contributed by atoms with van der Waals surface area (Å²) in [6.45, 7) is 6.37. The van der Waals surface area contributed by atoms with Crippen molar-refractivity contribution in [1.29, 1.82) is 0 Å². The molecule has 10 heteroatoms. The summed E-state index contributed by atoms with van der Waals surface area (Å²) in [5, 5.41) is 7.20. The van der Waals surface area contributed by atoms with Crippen LogP contribution in [0.5, 0.6) is 11.5 Å². The number of hydrogen-bond acceptors (Lipinski definition) is 9. The number of nitrogens with one attached hydrogen (secondary N) is 1. The summed E-state index contributed by atoms with van der Waals surface area (Å²) in [6, 6.07) is 5.97. The largest absolute Gasteiger partial charge is 0.493 e. The standard InChI is InChI=1S/C22H31N5O5/c1-29-18-4-3-17(15-19(18)30-2)20-24-22(32-25-20)27-8-5-16(6-9-27)21(28)23-7-10-26-11-13-31-14-12-26/h3-4,15-16H,5-14H2,1-2H3,(H,23,28). The van der Waals surface area contributed by atoms with Gasteiger partial charge in [-0.05, 0) is 31.0 Å². The predicted octanol–water partition coefficient (Wildman–Crippen LogP) is 1.42. The molecule has 0 spiro atoms. The second kappa shape index (κ2) is 10.6. The van der Waals surface area contributed by atoms with Crippen molar-refractivity contribution in [1.82, 2.24) is 20.4 Å². The van der Waals surface area contributed by atoms with Gasteiger partial charge >= 0.3 is 6.01 Å². The number of carbonyl (C=O) groups excluding carboxylic acids is 1. The van der Waals surface area contributed by atoms with Crippen molar-refractivity contribution in [3.63, 3.8) is 0 Å². The summed E-state index contributed by atoms with van der Waals surface area (Å²) in [5.41, 5.74) is 0.784. The van der Waals surface area contributed by atoms with E-state index in [1.54, 1.807) is 14.2 Å². The molecule has 0 bridgehead atoms. The number of hydrogen-bond donors (Lipinski definition) is 1. The van der Waals surface area contributed by atoms with Crippen LogP contribution in [-0.4, -0.2) is 87.6 Å². The Morgan fingerprint density at radius 2 is 1.88 bits per heavy atom. The average molecular weight is 446 g/mol. The van der Waals surface area contributed by atoms with Crippen molar-refractivity contribution in [2.45, 2.75) is 12.8 Å². The van der Waals surface area contributed by atoms with Crippen LogP contribution in [0.15, 0.2) is 22.7 Å². The van der Waals surface area contributed by atoms with Crippen LogP contribution in [0.25, 0.3) is 11.4 Å². The molecule has 2 saturated heterocycles. The predicted molar refractivity (Wildman–Crippen MR) is 118 cm³/mol. The maximum Gasteiger partial charge on any atom is 0.324 e. The first-order valence-electron chi connectivity index (χ1n) is 11.1. The third-order valence-corrected chi connectivity index (χ3v) is 6.02. The molecule has 0 aliphatic carbocycles. The maximum absolute atomic E-state index is 12.5. The highest BCUT2D eigenvalue weighted by Crippen LogP contribution is 2.32. The zero-order chi connectivity index (χ0) is 22.3. The average Bonchev–Trinajstić information content (AvgIpc) is 3.34. The molecule has 4 rings (SSSR count). The molecular formula is C22H31N5O5. The second-order valence-corrected chi connectivity index (χ2v) is 7.98. The van der Waals surface area contributed by atoms with Gasteiger partial charge in [0.15, 0.2) is 11.5 Å². The number of anilines is 1. The fraction of sp³-hybridized carbons (Fsp3) is 0.591. The lowest BCUT2D eigenvalue weighted by Gasteiger charge is -2.30. The Balaban J connectivity index is 1.26. The van der Waals surface area contributed by atoms with Crippen LogP contribution in [0.1, 0.15) is 12.8 Å². The van der Waals surface area contributed by atoms with Crippen LogP contribution in [0, 0.1) is 5.92 Å². The van der Waals surface area contributed by atoms with Crippen molar-refractivity contribution in [2.24, 2.45) is 5.92 Å². The zero-order valence-electron chi connectivity index (χ0n) is 18.7. The lowest BCUT2D eigenvalue weighted by molar-refractivity contribution is -0.125. The van der Waals surface area contributed by atoms with Gasteiger partial charge in [0.25, 0.3) is 0 Å². The number of amides is 1. The second-order valence-electron chi connectivity index (χ2n) is 7.98. The highest BCUT2D eigenvalue weighted by atomic mass is 16.5. The number of aromatic nitrogens is 2. The normalized spacial score (nSPS) is 17.9. The first-order chi connectivity index (χ1) is 15.7. The summed E-state index contributed by atoms with van der Waals surface area (Å²) < 4.78 is 21.5. The molecule has 0 unspecified atom stereocenters. The molecule has 2 aromatic rings. The van der Waals surface area contributed by atoms with E-state index in [0.29, 0.717) is 43.0 Å². The topological polar surface area (TPSA) is 102 Å². The molecule has 0 atom stereocenters. The number of nitrogens with zero attached hydrogens (tertiary/aromatic N) is 4. The van der Waals surface area contributed by atoms with E-state index >= 15 is 0 Å². The number of benzene rings is 1. The van der Waals surface area contributed by atoms with E-state index in [9.17, 15) is 4.79 Å². The van der Waals surface area contributed by atoms with Gasteiger partial charge in [0, 0.05) is 50.7 Å². The Morgan fingerprint density at radius 1 is 1.12 bits per heavy atom. The third kappa shape index (κ3) is 5.31. The summed E-state index contributed by atoms with van der Waals surface area (Å²) in [7, 11) is 3.18. The molecule has 0 saturated carbocycles. The van der Waals surface area contributed by atoms with Crippen molar-refractivity contribution in [3.05, 3.63) is 18.2 Å². The summed E-state index contributed by atoms with van der Waals surface area (Å²) in [4.78, 5) is 21.4. The van der Waals surface area contributed by atoms with Gasteiger partial charge in [-0.15, -0.1) is 0 Å². The summed E-state index contributed by atoms with van der Waals surface area (Å²) >= 11 is 0. The Hall–Kier alpha value is -2.85. The van der Waals surface area contributed by atoms with Gasteiger partial charge < -0.3 is 29.0 Å². The van der Waals surface area contributed by atoms with Crippen LogP contribution in [0.3, 0.4) is 0 Å². The van der Waals surface area contributed by atoms with E-state index in [2.05, 4.69) is 20.4 Å². The maximum atomic E-state index is 12.5. The highest BCUT2D eigenvalue weighted by molar-refractivity contribution is 5.78. The van der Waals surface area contributed by atoms with Crippen LogP contribution in [0.2, 0.25) is 0 Å². The van der Waals surface area contributed by atoms with Crippen molar-refractivity contribution >= 4 is 11.9 Å². The molecule has 174 valence electrons. The zero-order valence-corrected chi connectivity index (χ0v) is 18.7. The van der Waals surface area contributed by atoms with Gasteiger partial charge in [0.1, 0.15) is 0 Å². The van der Waals surface area contributed by atoms with E-state index in [4.69, 9.17) is 18.7 Å². The minimum absolute atomic E-state index is 0.0178. The van der Waals surface area contributed by atoms with E-state index in [1.807, 2.05) is 23.1 Å². The van der Waals surface area contributed by atoms with Crippen molar-refractivity contribution in [2.75, 3.05) is 71.6 Å². The quantitative estimate of drug-likeness (QED) is 0.646. The van der Waals surface area contributed by atoms with Gasteiger partial charge in [-0.1, -0.05) is 5.16 Å². The smallest absolute Gasteiger partial charge is 0.324 e. The first kappa shape index (κ1) is 22.3. The molecule has 2 fully saturated rings. The molecule has 2 aliphatic rings. The van der Waals surface area contributed by atoms with E-state index < -0.39 is 0 Å². The van der Waals surface area contributed by atoms with Crippen molar-refractivity contribution in [3.8, 4) is 22.9 Å². The Bertz CT molecular complexity index is 891.